The first-order valence-electron chi connectivity index (χ1n) is 6.95. The highest BCUT2D eigenvalue weighted by Crippen LogP contribution is 2.26. The molecule has 0 fully saturated rings. The molecule has 0 bridgehead atoms. The number of hydrogen-bond donors (Lipinski definition) is 1. The monoisotopic (exact) mass is 270 g/mol. The molecule has 2 heteroatoms. The highest BCUT2D eigenvalue weighted by molar-refractivity contribution is 5.39. The molecule has 0 spiro atoms. The molecule has 0 saturated carbocycles. The van der Waals surface area contributed by atoms with Crippen LogP contribution in [-0.2, 0) is 11.2 Å². The number of aliphatic hydroxyl groups is 1. The molecule has 1 N–H and O–H groups in total. The third kappa shape index (κ3) is 3.27. The Morgan fingerprint density at radius 1 is 1.05 bits per heavy atom. The lowest BCUT2D eigenvalue weighted by molar-refractivity contribution is 0.202. The van der Waals surface area contributed by atoms with Gasteiger partial charge in [-0.1, -0.05) is 42.5 Å². The Morgan fingerprint density at radius 2 is 1.75 bits per heavy atom. The van der Waals surface area contributed by atoms with Crippen molar-refractivity contribution in [1.82, 2.24) is 0 Å². The number of rotatable bonds is 5. The van der Waals surface area contributed by atoms with Crippen molar-refractivity contribution in [3.63, 3.8) is 0 Å². The van der Waals surface area contributed by atoms with Crippen LogP contribution in [-0.4, -0.2) is 18.8 Å². The van der Waals surface area contributed by atoms with Gasteiger partial charge in [-0.15, -0.1) is 0 Å². The van der Waals surface area contributed by atoms with E-state index < -0.39 is 6.10 Å². The Morgan fingerprint density at radius 3 is 2.40 bits per heavy atom. The van der Waals surface area contributed by atoms with Gasteiger partial charge in [-0.25, -0.2) is 0 Å². The Labute approximate surface area is 121 Å². The molecule has 0 saturated heterocycles. The van der Waals surface area contributed by atoms with E-state index in [2.05, 4.69) is 32.0 Å². The lowest BCUT2D eigenvalue weighted by atomic mass is 9.94. The van der Waals surface area contributed by atoms with Crippen molar-refractivity contribution in [3.05, 3.63) is 70.3 Å². The van der Waals surface area contributed by atoms with Crippen LogP contribution in [0.25, 0.3) is 0 Å². The number of aliphatic hydroxyl groups excluding tert-OH is 1. The number of aryl methyl sites for hydroxylation is 1. The summed E-state index contributed by atoms with van der Waals surface area (Å²) in [5.41, 5.74) is 5.50. The van der Waals surface area contributed by atoms with Crippen molar-refractivity contribution < 1.29 is 9.84 Å². The summed E-state index contributed by atoms with van der Waals surface area (Å²) in [6, 6.07) is 14.2. The summed E-state index contributed by atoms with van der Waals surface area (Å²) in [6.45, 7) is 4.85. The van der Waals surface area contributed by atoms with Gasteiger partial charge in [-0.05, 0) is 48.1 Å². The van der Waals surface area contributed by atoms with E-state index in [1.165, 1.54) is 11.1 Å². The van der Waals surface area contributed by atoms with E-state index in [0.29, 0.717) is 0 Å². The SMILES string of the molecule is COCCc1ccc(C(O)c2cccc(C)c2C)cc1. The summed E-state index contributed by atoms with van der Waals surface area (Å²) in [7, 11) is 1.71. The number of benzene rings is 2. The highest BCUT2D eigenvalue weighted by atomic mass is 16.5. The number of ether oxygens (including phenoxy) is 1. The van der Waals surface area contributed by atoms with Gasteiger partial charge in [0.1, 0.15) is 6.10 Å². The molecule has 1 atom stereocenters. The molecule has 2 aromatic rings. The minimum atomic E-state index is -0.564. The van der Waals surface area contributed by atoms with E-state index >= 15 is 0 Å². The molecule has 0 aliphatic rings. The Balaban J connectivity index is 2.20. The van der Waals surface area contributed by atoms with E-state index in [1.54, 1.807) is 7.11 Å². The first-order valence-corrected chi connectivity index (χ1v) is 6.95. The maximum Gasteiger partial charge on any atom is 0.104 e. The largest absolute Gasteiger partial charge is 0.384 e. The van der Waals surface area contributed by atoms with E-state index in [4.69, 9.17) is 4.74 Å². The molecule has 1 unspecified atom stereocenters. The molecule has 0 radical (unpaired) electrons. The summed E-state index contributed by atoms with van der Waals surface area (Å²) in [5.74, 6) is 0. The highest BCUT2D eigenvalue weighted by Gasteiger charge is 2.13. The first kappa shape index (κ1) is 14.8. The molecule has 2 nitrogen and oxygen atoms in total. The Hall–Kier alpha value is -1.64. The van der Waals surface area contributed by atoms with Gasteiger partial charge >= 0.3 is 0 Å². The summed E-state index contributed by atoms with van der Waals surface area (Å²) in [5, 5.41) is 10.5. The molecular formula is C18H22O2. The van der Waals surface area contributed by atoms with Crippen molar-refractivity contribution in [1.29, 1.82) is 0 Å². The maximum absolute atomic E-state index is 10.5. The van der Waals surface area contributed by atoms with E-state index in [9.17, 15) is 5.11 Å². The van der Waals surface area contributed by atoms with Crippen LogP contribution in [0.2, 0.25) is 0 Å². The molecule has 20 heavy (non-hydrogen) atoms. The van der Waals surface area contributed by atoms with Crippen molar-refractivity contribution >= 4 is 0 Å². The Kier molecular flexibility index (Phi) is 4.94. The van der Waals surface area contributed by atoms with E-state index in [1.807, 2.05) is 24.3 Å². The molecular weight excluding hydrogens is 248 g/mol. The molecule has 0 heterocycles. The van der Waals surface area contributed by atoms with E-state index in [-0.39, 0.29) is 0 Å². The number of methoxy groups -OCH3 is 1. The summed E-state index contributed by atoms with van der Waals surface area (Å²) in [4.78, 5) is 0. The van der Waals surface area contributed by atoms with Gasteiger partial charge < -0.3 is 9.84 Å². The normalized spacial score (nSPS) is 12.4. The lowest BCUT2D eigenvalue weighted by Gasteiger charge is -2.16. The predicted molar refractivity (Wildman–Crippen MR) is 82.0 cm³/mol. The zero-order chi connectivity index (χ0) is 14.5. The minimum absolute atomic E-state index is 0.564. The fraction of sp³-hybridized carbons (Fsp3) is 0.333. The van der Waals surface area contributed by atoms with Crippen LogP contribution in [0.3, 0.4) is 0 Å². The summed E-state index contributed by atoms with van der Waals surface area (Å²) < 4.78 is 5.07. The zero-order valence-corrected chi connectivity index (χ0v) is 12.4. The maximum atomic E-state index is 10.5. The average Bonchev–Trinajstić information content (AvgIpc) is 2.48. The van der Waals surface area contributed by atoms with Crippen molar-refractivity contribution in [2.45, 2.75) is 26.4 Å². The van der Waals surface area contributed by atoms with Crippen LogP contribution in [0.15, 0.2) is 42.5 Å². The molecule has 0 aliphatic carbocycles. The predicted octanol–water partition coefficient (Wildman–Crippen LogP) is 3.57. The van der Waals surface area contributed by atoms with Crippen molar-refractivity contribution in [2.75, 3.05) is 13.7 Å². The van der Waals surface area contributed by atoms with Crippen LogP contribution in [0.4, 0.5) is 0 Å². The third-order valence-electron chi connectivity index (χ3n) is 3.83. The molecule has 2 rings (SSSR count). The third-order valence-corrected chi connectivity index (χ3v) is 3.83. The second kappa shape index (κ2) is 6.69. The topological polar surface area (TPSA) is 29.5 Å². The van der Waals surface area contributed by atoms with Crippen LogP contribution < -0.4 is 0 Å². The van der Waals surface area contributed by atoms with Gasteiger partial charge in [-0.3, -0.25) is 0 Å². The minimum Gasteiger partial charge on any atom is -0.384 e. The standard InChI is InChI=1S/C18H22O2/c1-13-5-4-6-17(14(13)2)18(19)16-9-7-15(8-10-16)11-12-20-3/h4-10,18-19H,11-12H2,1-3H3. The average molecular weight is 270 g/mol. The van der Waals surface area contributed by atoms with Gasteiger partial charge in [0, 0.05) is 7.11 Å². The number of hydrogen-bond acceptors (Lipinski definition) is 2. The lowest BCUT2D eigenvalue weighted by Crippen LogP contribution is -2.03. The molecule has 106 valence electrons. The van der Waals surface area contributed by atoms with Crippen LogP contribution in [0.1, 0.15) is 33.9 Å². The quantitative estimate of drug-likeness (QED) is 0.900. The van der Waals surface area contributed by atoms with Gasteiger partial charge in [0.2, 0.25) is 0 Å². The van der Waals surface area contributed by atoms with Gasteiger partial charge in [0.25, 0.3) is 0 Å². The van der Waals surface area contributed by atoms with Gasteiger partial charge in [0.15, 0.2) is 0 Å². The molecule has 0 aliphatic heterocycles. The zero-order valence-electron chi connectivity index (χ0n) is 12.4. The van der Waals surface area contributed by atoms with Crippen molar-refractivity contribution in [3.8, 4) is 0 Å². The fourth-order valence-corrected chi connectivity index (χ4v) is 2.34. The first-order chi connectivity index (χ1) is 9.63. The summed E-state index contributed by atoms with van der Waals surface area (Å²) >= 11 is 0. The molecule has 0 amide bonds. The van der Waals surface area contributed by atoms with Crippen LogP contribution in [0.5, 0.6) is 0 Å². The molecule has 0 aromatic heterocycles. The van der Waals surface area contributed by atoms with Crippen LogP contribution >= 0.6 is 0 Å². The second-order valence-electron chi connectivity index (χ2n) is 5.18. The van der Waals surface area contributed by atoms with Crippen LogP contribution in [0, 0.1) is 13.8 Å². The molecule has 2 aromatic carbocycles. The summed E-state index contributed by atoms with van der Waals surface area (Å²) in [6.07, 6.45) is 0.336. The second-order valence-corrected chi connectivity index (χ2v) is 5.18. The van der Waals surface area contributed by atoms with Gasteiger partial charge in [0.05, 0.1) is 6.61 Å². The van der Waals surface area contributed by atoms with Crippen molar-refractivity contribution in [2.24, 2.45) is 0 Å². The van der Waals surface area contributed by atoms with E-state index in [0.717, 1.165) is 29.7 Å². The fourth-order valence-electron chi connectivity index (χ4n) is 2.34. The Bertz CT molecular complexity index is 558. The van der Waals surface area contributed by atoms with Gasteiger partial charge in [-0.2, -0.15) is 0 Å². The smallest absolute Gasteiger partial charge is 0.104 e.